The van der Waals surface area contributed by atoms with Crippen molar-refractivity contribution in [3.05, 3.63) is 0 Å². The van der Waals surface area contributed by atoms with E-state index in [1.54, 1.807) is 4.90 Å². The number of amides is 1. The van der Waals surface area contributed by atoms with E-state index in [0.717, 1.165) is 12.8 Å². The summed E-state index contributed by atoms with van der Waals surface area (Å²) >= 11 is 0. The molecule has 0 aliphatic heterocycles. The van der Waals surface area contributed by atoms with E-state index in [2.05, 4.69) is 5.32 Å². The van der Waals surface area contributed by atoms with Crippen molar-refractivity contribution in [1.82, 2.24) is 10.2 Å². The molecule has 0 aromatic rings. The highest BCUT2D eigenvalue weighted by Gasteiger charge is 2.28. The quantitative estimate of drug-likeness (QED) is 0.781. The van der Waals surface area contributed by atoms with E-state index >= 15 is 0 Å². The summed E-state index contributed by atoms with van der Waals surface area (Å²) in [7, 11) is 1.84. The van der Waals surface area contributed by atoms with Crippen LogP contribution < -0.4 is 5.32 Å². The highest BCUT2D eigenvalue weighted by molar-refractivity contribution is 5.81. The molecule has 0 heterocycles. The van der Waals surface area contributed by atoms with Crippen LogP contribution in [0.15, 0.2) is 0 Å². The molecule has 0 radical (unpaired) electrons. The fraction of sp³-hybridized carbons (Fsp3) is 0.929. The van der Waals surface area contributed by atoms with Crippen molar-refractivity contribution in [1.29, 1.82) is 0 Å². The summed E-state index contributed by atoms with van der Waals surface area (Å²) in [5.41, 5.74) is 0. The van der Waals surface area contributed by atoms with Gasteiger partial charge in [-0.25, -0.2) is 0 Å². The molecule has 1 fully saturated rings. The van der Waals surface area contributed by atoms with Gasteiger partial charge in [-0.05, 0) is 39.5 Å². The lowest BCUT2D eigenvalue weighted by Gasteiger charge is -2.34. The third-order valence-electron chi connectivity index (χ3n) is 4.10. The maximum Gasteiger partial charge on any atom is 0.239 e. The van der Waals surface area contributed by atoms with Crippen LogP contribution in [0.1, 0.15) is 46.5 Å². The van der Waals surface area contributed by atoms with Crippen LogP contribution >= 0.6 is 0 Å². The lowest BCUT2D eigenvalue weighted by atomic mass is 9.84. The molecule has 106 valence electrons. The number of carbonyl (C=O) groups is 1. The summed E-state index contributed by atoms with van der Waals surface area (Å²) in [5.74, 6) is 0.436. The van der Waals surface area contributed by atoms with Gasteiger partial charge >= 0.3 is 0 Å². The average molecular weight is 256 g/mol. The van der Waals surface area contributed by atoms with Crippen molar-refractivity contribution in [3.63, 3.8) is 0 Å². The Kier molecular flexibility index (Phi) is 6.09. The smallest absolute Gasteiger partial charge is 0.239 e. The summed E-state index contributed by atoms with van der Waals surface area (Å²) in [4.78, 5) is 13.9. The van der Waals surface area contributed by atoms with Crippen molar-refractivity contribution in [3.8, 4) is 0 Å². The summed E-state index contributed by atoms with van der Waals surface area (Å²) < 4.78 is 0. The molecule has 3 atom stereocenters. The van der Waals surface area contributed by atoms with Crippen molar-refractivity contribution < 1.29 is 9.90 Å². The van der Waals surface area contributed by atoms with E-state index in [-0.39, 0.29) is 30.6 Å². The molecule has 0 spiro atoms. The minimum absolute atomic E-state index is 0.132. The van der Waals surface area contributed by atoms with Crippen LogP contribution in [-0.2, 0) is 4.79 Å². The van der Waals surface area contributed by atoms with Crippen molar-refractivity contribution in [2.45, 2.75) is 64.6 Å². The van der Waals surface area contributed by atoms with E-state index in [1.165, 1.54) is 12.8 Å². The van der Waals surface area contributed by atoms with E-state index < -0.39 is 0 Å². The minimum Gasteiger partial charge on any atom is -0.396 e. The monoisotopic (exact) mass is 256 g/mol. The number of nitrogens with zero attached hydrogens (tertiary/aromatic N) is 1. The highest BCUT2D eigenvalue weighted by atomic mass is 16.3. The number of rotatable bonds is 5. The van der Waals surface area contributed by atoms with Gasteiger partial charge in [0.1, 0.15) is 0 Å². The van der Waals surface area contributed by atoms with Gasteiger partial charge in [0.25, 0.3) is 0 Å². The molecule has 1 amide bonds. The Morgan fingerprint density at radius 1 is 1.33 bits per heavy atom. The predicted molar refractivity (Wildman–Crippen MR) is 73.3 cm³/mol. The van der Waals surface area contributed by atoms with Gasteiger partial charge in [0.05, 0.1) is 6.04 Å². The summed E-state index contributed by atoms with van der Waals surface area (Å²) in [6.07, 6.45) is 4.51. The molecular formula is C14H28N2O2. The van der Waals surface area contributed by atoms with Gasteiger partial charge in [-0.15, -0.1) is 0 Å². The second kappa shape index (κ2) is 7.10. The zero-order valence-corrected chi connectivity index (χ0v) is 12.1. The van der Waals surface area contributed by atoms with Crippen LogP contribution in [0.25, 0.3) is 0 Å². The molecule has 1 aliphatic rings. The Morgan fingerprint density at radius 3 is 2.50 bits per heavy atom. The van der Waals surface area contributed by atoms with Gasteiger partial charge in [0.15, 0.2) is 0 Å². The molecule has 1 saturated carbocycles. The van der Waals surface area contributed by atoms with Gasteiger partial charge in [-0.3, -0.25) is 4.79 Å². The molecule has 0 unspecified atom stereocenters. The maximum absolute atomic E-state index is 12.2. The average Bonchev–Trinajstić information content (AvgIpc) is 2.37. The maximum atomic E-state index is 12.2. The number of aliphatic hydroxyl groups is 1. The van der Waals surface area contributed by atoms with Crippen LogP contribution in [0, 0.1) is 5.92 Å². The third kappa shape index (κ3) is 3.95. The summed E-state index contributed by atoms with van der Waals surface area (Å²) in [5, 5.41) is 12.8. The Hall–Kier alpha value is -0.610. The zero-order valence-electron chi connectivity index (χ0n) is 12.1. The van der Waals surface area contributed by atoms with Crippen LogP contribution in [0.3, 0.4) is 0 Å². The lowest BCUT2D eigenvalue weighted by molar-refractivity contribution is -0.133. The molecule has 0 aromatic carbocycles. The molecule has 4 heteroatoms. The predicted octanol–water partition coefficient (Wildman–Crippen LogP) is 1.38. The van der Waals surface area contributed by atoms with Crippen LogP contribution in [-0.4, -0.2) is 47.7 Å². The Labute approximate surface area is 111 Å². The molecule has 0 aromatic heterocycles. The van der Waals surface area contributed by atoms with Crippen LogP contribution in [0.2, 0.25) is 0 Å². The van der Waals surface area contributed by atoms with Crippen LogP contribution in [0.4, 0.5) is 0 Å². The normalized spacial score (nSPS) is 26.1. The Bertz CT molecular complexity index is 269. The lowest BCUT2D eigenvalue weighted by Crippen LogP contribution is -2.52. The van der Waals surface area contributed by atoms with E-state index in [0.29, 0.717) is 5.92 Å². The Morgan fingerprint density at radius 2 is 1.94 bits per heavy atom. The standard InChI is InChI=1S/C14H28N2O2/c1-10(2)16(4)14(18)11(3)15-13-8-6-5-7-12(13)9-17/h10-13,15,17H,5-9H2,1-4H3/t11-,12+,13-/m0/s1. The largest absolute Gasteiger partial charge is 0.396 e. The first-order chi connectivity index (χ1) is 8.47. The first-order valence-electron chi connectivity index (χ1n) is 7.11. The first kappa shape index (κ1) is 15.4. The number of nitrogens with one attached hydrogen (secondary N) is 1. The van der Waals surface area contributed by atoms with E-state index in [1.807, 2.05) is 27.8 Å². The van der Waals surface area contributed by atoms with Gasteiger partial charge in [0, 0.05) is 25.7 Å². The number of hydrogen-bond donors (Lipinski definition) is 2. The topological polar surface area (TPSA) is 52.6 Å². The number of likely N-dealkylation sites (N-methyl/N-ethyl adjacent to an activating group) is 1. The van der Waals surface area contributed by atoms with E-state index in [9.17, 15) is 9.90 Å². The number of aliphatic hydroxyl groups excluding tert-OH is 1. The fourth-order valence-corrected chi connectivity index (χ4v) is 2.60. The molecule has 2 N–H and O–H groups in total. The van der Waals surface area contributed by atoms with Crippen LogP contribution in [0.5, 0.6) is 0 Å². The van der Waals surface area contributed by atoms with Crippen molar-refractivity contribution in [2.75, 3.05) is 13.7 Å². The summed E-state index contributed by atoms with van der Waals surface area (Å²) in [6, 6.07) is 0.333. The number of carbonyl (C=O) groups excluding carboxylic acids is 1. The Balaban J connectivity index is 2.52. The first-order valence-corrected chi connectivity index (χ1v) is 7.11. The molecule has 1 aliphatic carbocycles. The molecule has 0 bridgehead atoms. The second-order valence-electron chi connectivity index (χ2n) is 5.76. The third-order valence-corrected chi connectivity index (χ3v) is 4.10. The zero-order chi connectivity index (χ0) is 13.7. The van der Waals surface area contributed by atoms with E-state index in [4.69, 9.17) is 0 Å². The molecule has 1 rings (SSSR count). The second-order valence-corrected chi connectivity index (χ2v) is 5.76. The fourth-order valence-electron chi connectivity index (χ4n) is 2.60. The molecule has 18 heavy (non-hydrogen) atoms. The molecule has 4 nitrogen and oxygen atoms in total. The van der Waals surface area contributed by atoms with Gasteiger partial charge in [-0.2, -0.15) is 0 Å². The van der Waals surface area contributed by atoms with Gasteiger partial charge in [-0.1, -0.05) is 12.8 Å². The minimum atomic E-state index is -0.172. The summed E-state index contributed by atoms with van der Waals surface area (Å²) in [6.45, 7) is 6.17. The van der Waals surface area contributed by atoms with Crippen molar-refractivity contribution >= 4 is 5.91 Å². The number of hydrogen-bond acceptors (Lipinski definition) is 3. The van der Waals surface area contributed by atoms with Gasteiger partial charge in [0.2, 0.25) is 5.91 Å². The highest BCUT2D eigenvalue weighted by Crippen LogP contribution is 2.24. The van der Waals surface area contributed by atoms with Gasteiger partial charge < -0.3 is 15.3 Å². The van der Waals surface area contributed by atoms with Crippen molar-refractivity contribution in [2.24, 2.45) is 5.92 Å². The molecule has 0 saturated heterocycles. The SMILES string of the molecule is CC(C)N(C)C(=O)[C@H](C)N[C@H]1CCCC[C@@H]1CO. The molecular weight excluding hydrogens is 228 g/mol.